The molecule has 1 rings (SSSR count). The molecule has 0 N–H and O–H groups in total. The monoisotopic (exact) mass is 276 g/mol. The molecular formula is C18H28O2. The Bertz CT molecular complexity index is 379. The van der Waals surface area contributed by atoms with Crippen LogP contribution in [0.5, 0.6) is 0 Å². The molecule has 0 aliphatic heterocycles. The van der Waals surface area contributed by atoms with E-state index in [9.17, 15) is 0 Å². The summed E-state index contributed by atoms with van der Waals surface area (Å²) in [6.07, 6.45) is 9.14. The lowest BCUT2D eigenvalue weighted by atomic mass is 10.1. The highest BCUT2D eigenvalue weighted by Gasteiger charge is 2.13. The third-order valence-corrected chi connectivity index (χ3v) is 3.16. The van der Waals surface area contributed by atoms with E-state index >= 15 is 0 Å². The Balaban J connectivity index is 2.75. The van der Waals surface area contributed by atoms with Crippen LogP contribution in [0.15, 0.2) is 30.3 Å². The third-order valence-electron chi connectivity index (χ3n) is 3.16. The van der Waals surface area contributed by atoms with Gasteiger partial charge in [0.15, 0.2) is 6.29 Å². The van der Waals surface area contributed by atoms with Crippen molar-refractivity contribution >= 4 is 6.08 Å². The second-order valence-corrected chi connectivity index (χ2v) is 4.77. The molecule has 0 unspecified atom stereocenters. The molecule has 0 bridgehead atoms. The molecule has 0 aliphatic carbocycles. The Morgan fingerprint density at radius 2 is 1.70 bits per heavy atom. The van der Waals surface area contributed by atoms with Crippen LogP contribution in [0.2, 0.25) is 0 Å². The van der Waals surface area contributed by atoms with Gasteiger partial charge in [-0.3, -0.25) is 0 Å². The van der Waals surface area contributed by atoms with E-state index < -0.39 is 0 Å². The Hall–Kier alpha value is -1.12. The fourth-order valence-corrected chi connectivity index (χ4v) is 2.13. The Morgan fingerprint density at radius 1 is 1.00 bits per heavy atom. The van der Waals surface area contributed by atoms with E-state index in [4.69, 9.17) is 9.47 Å². The first-order chi connectivity index (χ1) is 9.83. The summed E-state index contributed by atoms with van der Waals surface area (Å²) in [5.41, 5.74) is 2.30. The molecule has 0 saturated carbocycles. The molecular weight excluding hydrogens is 248 g/mol. The predicted octanol–water partition coefficient (Wildman–Crippen LogP) is 5.35. The lowest BCUT2D eigenvalue weighted by molar-refractivity contribution is -0.140. The van der Waals surface area contributed by atoms with Gasteiger partial charge in [0.1, 0.15) is 0 Å². The molecule has 0 aliphatic rings. The van der Waals surface area contributed by atoms with Crippen molar-refractivity contribution in [3.8, 4) is 0 Å². The SMILES string of the molecule is CCCCCC=Cc1ccccc1C(OCC)OCC. The second kappa shape index (κ2) is 10.6. The standard InChI is InChI=1S/C18H28O2/c1-4-7-8-9-10-13-16-14-11-12-15-17(16)18(19-5-2)20-6-3/h10-15,18H,4-9H2,1-3H3. The van der Waals surface area contributed by atoms with Gasteiger partial charge in [0, 0.05) is 18.8 Å². The molecule has 112 valence electrons. The Morgan fingerprint density at radius 3 is 2.35 bits per heavy atom. The zero-order valence-corrected chi connectivity index (χ0v) is 13.1. The number of rotatable bonds is 10. The summed E-state index contributed by atoms with van der Waals surface area (Å²) in [6.45, 7) is 7.52. The minimum Gasteiger partial charge on any atom is -0.349 e. The smallest absolute Gasteiger partial charge is 0.184 e. The van der Waals surface area contributed by atoms with E-state index in [-0.39, 0.29) is 6.29 Å². The molecule has 0 aromatic heterocycles. The highest BCUT2D eigenvalue weighted by Crippen LogP contribution is 2.24. The van der Waals surface area contributed by atoms with Gasteiger partial charge in [-0.15, -0.1) is 0 Å². The quantitative estimate of drug-likeness (QED) is 0.423. The van der Waals surface area contributed by atoms with Crippen LogP contribution in [0.25, 0.3) is 6.08 Å². The average molecular weight is 276 g/mol. The van der Waals surface area contributed by atoms with Gasteiger partial charge >= 0.3 is 0 Å². The number of hydrogen-bond donors (Lipinski definition) is 0. The molecule has 0 atom stereocenters. The lowest BCUT2D eigenvalue weighted by Crippen LogP contribution is -2.10. The average Bonchev–Trinajstić information content (AvgIpc) is 2.47. The Kier molecular flexibility index (Phi) is 9.01. The van der Waals surface area contributed by atoms with E-state index in [1.54, 1.807) is 0 Å². The van der Waals surface area contributed by atoms with E-state index in [0.29, 0.717) is 13.2 Å². The molecule has 20 heavy (non-hydrogen) atoms. The number of unbranched alkanes of at least 4 members (excludes halogenated alkanes) is 3. The van der Waals surface area contributed by atoms with Crippen LogP contribution in [0.3, 0.4) is 0 Å². The van der Waals surface area contributed by atoms with Gasteiger partial charge in [-0.1, -0.05) is 56.2 Å². The lowest BCUT2D eigenvalue weighted by Gasteiger charge is -2.19. The van der Waals surface area contributed by atoms with Crippen LogP contribution < -0.4 is 0 Å². The summed E-state index contributed by atoms with van der Waals surface area (Å²) in [7, 11) is 0. The molecule has 1 aromatic rings. The highest BCUT2D eigenvalue weighted by molar-refractivity contribution is 5.54. The largest absolute Gasteiger partial charge is 0.349 e. The molecule has 0 fully saturated rings. The van der Waals surface area contributed by atoms with Crippen LogP contribution >= 0.6 is 0 Å². The van der Waals surface area contributed by atoms with Crippen molar-refractivity contribution in [2.24, 2.45) is 0 Å². The van der Waals surface area contributed by atoms with Crippen molar-refractivity contribution in [3.63, 3.8) is 0 Å². The van der Waals surface area contributed by atoms with Crippen molar-refractivity contribution in [1.29, 1.82) is 0 Å². The van der Waals surface area contributed by atoms with Crippen molar-refractivity contribution in [1.82, 2.24) is 0 Å². The van der Waals surface area contributed by atoms with E-state index in [1.807, 2.05) is 19.9 Å². The van der Waals surface area contributed by atoms with E-state index in [0.717, 1.165) is 12.0 Å². The first kappa shape index (κ1) is 16.9. The molecule has 0 radical (unpaired) electrons. The van der Waals surface area contributed by atoms with E-state index in [2.05, 4.69) is 37.3 Å². The molecule has 1 aromatic carbocycles. The van der Waals surface area contributed by atoms with Gasteiger partial charge in [-0.05, 0) is 32.3 Å². The van der Waals surface area contributed by atoms with Crippen molar-refractivity contribution < 1.29 is 9.47 Å². The summed E-state index contributed by atoms with van der Waals surface area (Å²) in [4.78, 5) is 0. The normalized spacial score (nSPS) is 11.6. The number of hydrogen-bond acceptors (Lipinski definition) is 2. The fraction of sp³-hybridized carbons (Fsp3) is 0.556. The summed E-state index contributed by atoms with van der Waals surface area (Å²) in [5, 5.41) is 0. The zero-order chi connectivity index (χ0) is 14.6. The van der Waals surface area contributed by atoms with Gasteiger partial charge in [0.05, 0.1) is 0 Å². The summed E-state index contributed by atoms with van der Waals surface area (Å²) in [5.74, 6) is 0. The van der Waals surface area contributed by atoms with Gasteiger partial charge in [-0.2, -0.15) is 0 Å². The van der Waals surface area contributed by atoms with Gasteiger partial charge in [0.25, 0.3) is 0 Å². The minimum atomic E-state index is -0.263. The maximum Gasteiger partial charge on any atom is 0.184 e. The molecule has 0 amide bonds. The molecule has 0 spiro atoms. The van der Waals surface area contributed by atoms with Crippen LogP contribution in [0.4, 0.5) is 0 Å². The van der Waals surface area contributed by atoms with Crippen LogP contribution in [-0.4, -0.2) is 13.2 Å². The topological polar surface area (TPSA) is 18.5 Å². The Labute approximate surface area is 123 Å². The van der Waals surface area contributed by atoms with Crippen molar-refractivity contribution in [2.45, 2.75) is 52.7 Å². The van der Waals surface area contributed by atoms with Gasteiger partial charge < -0.3 is 9.47 Å². The van der Waals surface area contributed by atoms with Crippen molar-refractivity contribution in [2.75, 3.05) is 13.2 Å². The highest BCUT2D eigenvalue weighted by atomic mass is 16.7. The number of benzene rings is 1. The first-order valence-corrected chi connectivity index (χ1v) is 7.82. The molecule has 0 saturated heterocycles. The fourth-order valence-electron chi connectivity index (χ4n) is 2.13. The number of allylic oxidation sites excluding steroid dienone is 1. The molecule has 2 heteroatoms. The van der Waals surface area contributed by atoms with E-state index in [1.165, 1.54) is 24.8 Å². The van der Waals surface area contributed by atoms with Crippen LogP contribution in [0, 0.1) is 0 Å². The van der Waals surface area contributed by atoms with Crippen LogP contribution in [-0.2, 0) is 9.47 Å². The molecule has 2 nitrogen and oxygen atoms in total. The van der Waals surface area contributed by atoms with Crippen LogP contribution in [0.1, 0.15) is 63.9 Å². The van der Waals surface area contributed by atoms with Gasteiger partial charge in [0.2, 0.25) is 0 Å². The number of ether oxygens (including phenoxy) is 2. The maximum absolute atomic E-state index is 5.70. The summed E-state index contributed by atoms with van der Waals surface area (Å²) < 4.78 is 11.4. The first-order valence-electron chi connectivity index (χ1n) is 7.82. The summed E-state index contributed by atoms with van der Waals surface area (Å²) >= 11 is 0. The van der Waals surface area contributed by atoms with Gasteiger partial charge in [-0.25, -0.2) is 0 Å². The van der Waals surface area contributed by atoms with Crippen molar-refractivity contribution in [3.05, 3.63) is 41.5 Å². The minimum absolute atomic E-state index is 0.263. The second-order valence-electron chi connectivity index (χ2n) is 4.77. The predicted molar refractivity (Wildman–Crippen MR) is 85.6 cm³/mol. The third kappa shape index (κ3) is 5.89. The zero-order valence-electron chi connectivity index (χ0n) is 13.1. The molecule has 0 heterocycles. The summed E-state index contributed by atoms with van der Waals surface area (Å²) in [6, 6.07) is 8.30. The maximum atomic E-state index is 5.70.